The highest BCUT2D eigenvalue weighted by molar-refractivity contribution is 6.03. The number of ether oxygens (including phenoxy) is 2. The Hall–Kier alpha value is -1.84. The predicted octanol–water partition coefficient (Wildman–Crippen LogP) is 16.1. The Kier molecular flexibility index (Phi) is 29.2. The fourth-order valence-corrected chi connectivity index (χ4v) is 7.91. The van der Waals surface area contributed by atoms with E-state index >= 15 is 0 Å². The lowest BCUT2D eigenvalue weighted by Crippen LogP contribution is -2.37. The Labute approximate surface area is 323 Å². The maximum atomic E-state index is 14.2. The molecule has 4 heteroatoms. The average molecular weight is 727 g/mol. The van der Waals surface area contributed by atoms with Crippen molar-refractivity contribution in [3.63, 3.8) is 0 Å². The molecule has 0 atom stereocenters. The molecular formula is C48H86O4. The van der Waals surface area contributed by atoms with Crippen molar-refractivity contribution in [1.29, 1.82) is 0 Å². The third-order valence-electron chi connectivity index (χ3n) is 11.4. The van der Waals surface area contributed by atoms with E-state index in [0.717, 1.165) is 103 Å². The van der Waals surface area contributed by atoms with Crippen LogP contribution in [0.25, 0.3) is 0 Å². The second-order valence-electron chi connectivity index (χ2n) is 16.3. The van der Waals surface area contributed by atoms with Crippen LogP contribution < -0.4 is 0 Å². The fraction of sp³-hybridized carbons (Fsp3) is 0.833. The molecular weight excluding hydrogens is 641 g/mol. The van der Waals surface area contributed by atoms with E-state index in [4.69, 9.17) is 9.47 Å². The Bertz CT molecular complexity index is 905. The van der Waals surface area contributed by atoms with E-state index in [1.54, 1.807) is 12.1 Å². The van der Waals surface area contributed by atoms with Gasteiger partial charge in [0.1, 0.15) is 11.2 Å². The molecule has 0 radical (unpaired) electrons. The summed E-state index contributed by atoms with van der Waals surface area (Å²) < 4.78 is 13.3. The highest BCUT2D eigenvalue weighted by atomic mass is 16.6. The van der Waals surface area contributed by atoms with Crippen molar-refractivity contribution < 1.29 is 19.1 Å². The van der Waals surface area contributed by atoms with E-state index < -0.39 is 11.2 Å². The van der Waals surface area contributed by atoms with Gasteiger partial charge in [-0.2, -0.15) is 0 Å². The van der Waals surface area contributed by atoms with Gasteiger partial charge in [0.2, 0.25) is 0 Å². The molecule has 1 aromatic rings. The summed E-state index contributed by atoms with van der Waals surface area (Å²) in [5.41, 5.74) is -0.244. The van der Waals surface area contributed by atoms with Crippen molar-refractivity contribution in [1.82, 2.24) is 0 Å². The first-order valence-electron chi connectivity index (χ1n) is 22.9. The van der Waals surface area contributed by atoms with E-state index in [-0.39, 0.29) is 11.9 Å². The molecule has 0 unspecified atom stereocenters. The number of esters is 2. The molecule has 0 saturated carbocycles. The summed E-state index contributed by atoms with van der Waals surface area (Å²) in [6.07, 6.45) is 36.8. The highest BCUT2D eigenvalue weighted by Crippen LogP contribution is 2.36. The second-order valence-corrected chi connectivity index (χ2v) is 16.3. The van der Waals surface area contributed by atoms with E-state index in [9.17, 15) is 9.59 Å². The normalized spacial score (nSPS) is 12.0. The van der Waals surface area contributed by atoms with Crippen LogP contribution in [0.4, 0.5) is 0 Å². The number of carbonyl (C=O) groups is 2. The van der Waals surface area contributed by atoms with Gasteiger partial charge in [-0.05, 0) is 89.2 Å². The van der Waals surface area contributed by atoms with Crippen LogP contribution in [0.2, 0.25) is 0 Å². The Morgan fingerprint density at radius 1 is 0.365 bits per heavy atom. The molecule has 0 spiro atoms. The minimum absolute atomic E-state index is 0.359. The van der Waals surface area contributed by atoms with Gasteiger partial charge in [-0.25, -0.2) is 9.59 Å². The lowest BCUT2D eigenvalue weighted by Gasteiger charge is -2.35. The molecule has 0 amide bonds. The smallest absolute Gasteiger partial charge is 0.339 e. The van der Waals surface area contributed by atoms with Crippen molar-refractivity contribution in [2.75, 3.05) is 0 Å². The van der Waals surface area contributed by atoms with Crippen molar-refractivity contribution in [2.45, 2.75) is 258 Å². The summed E-state index contributed by atoms with van der Waals surface area (Å²) in [6.45, 7) is 13.4. The Balaban J connectivity index is 3.12. The predicted molar refractivity (Wildman–Crippen MR) is 225 cm³/mol. The molecule has 302 valence electrons. The molecule has 0 aliphatic rings. The van der Waals surface area contributed by atoms with Gasteiger partial charge < -0.3 is 9.47 Å². The van der Waals surface area contributed by atoms with Crippen molar-refractivity contribution in [3.8, 4) is 0 Å². The molecule has 0 heterocycles. The van der Waals surface area contributed by atoms with Gasteiger partial charge in [0, 0.05) is 0 Å². The number of carbonyl (C=O) groups excluding carboxylic acids is 2. The maximum absolute atomic E-state index is 14.2. The van der Waals surface area contributed by atoms with Crippen molar-refractivity contribution >= 4 is 11.9 Å². The Morgan fingerprint density at radius 3 is 0.865 bits per heavy atom. The summed E-state index contributed by atoms with van der Waals surface area (Å²) >= 11 is 0. The van der Waals surface area contributed by atoms with Crippen LogP contribution in [0.5, 0.6) is 0 Å². The SMILES string of the molecule is CCCCCCCCCCCC(CCCC)(CCCC)OC(=O)c1ccccc1C(=O)OC(CCCC)(CCCC)CCCCCCCCCCC. The second kappa shape index (κ2) is 31.5. The first kappa shape index (κ1) is 48.2. The highest BCUT2D eigenvalue weighted by Gasteiger charge is 2.37. The Morgan fingerprint density at radius 2 is 0.596 bits per heavy atom. The van der Waals surface area contributed by atoms with Crippen molar-refractivity contribution in [2.24, 2.45) is 0 Å². The van der Waals surface area contributed by atoms with Gasteiger partial charge in [-0.3, -0.25) is 0 Å². The molecule has 0 aliphatic heterocycles. The van der Waals surface area contributed by atoms with Gasteiger partial charge in [0.25, 0.3) is 0 Å². The summed E-state index contributed by atoms with van der Waals surface area (Å²) in [5, 5.41) is 0. The zero-order chi connectivity index (χ0) is 38.2. The zero-order valence-electron chi connectivity index (χ0n) is 35.6. The van der Waals surface area contributed by atoms with Gasteiger partial charge >= 0.3 is 11.9 Å². The van der Waals surface area contributed by atoms with Crippen LogP contribution >= 0.6 is 0 Å². The van der Waals surface area contributed by atoms with Crippen molar-refractivity contribution in [3.05, 3.63) is 35.4 Å². The van der Waals surface area contributed by atoms with E-state index in [1.807, 2.05) is 12.1 Å². The number of unbranched alkanes of at least 4 members (excludes halogenated alkanes) is 20. The summed E-state index contributed by atoms with van der Waals surface area (Å²) in [5.74, 6) is -0.718. The fourth-order valence-electron chi connectivity index (χ4n) is 7.91. The van der Waals surface area contributed by atoms with E-state index in [2.05, 4.69) is 41.5 Å². The molecule has 0 N–H and O–H groups in total. The van der Waals surface area contributed by atoms with Crippen LogP contribution in [0.3, 0.4) is 0 Å². The van der Waals surface area contributed by atoms with Crippen LogP contribution in [-0.4, -0.2) is 23.1 Å². The molecule has 0 bridgehead atoms. The maximum Gasteiger partial charge on any atom is 0.339 e. The summed E-state index contributed by atoms with van der Waals surface area (Å²) in [4.78, 5) is 28.4. The molecule has 0 aliphatic carbocycles. The lowest BCUT2D eigenvalue weighted by molar-refractivity contribution is -0.0396. The van der Waals surface area contributed by atoms with Gasteiger partial charge in [-0.15, -0.1) is 0 Å². The quantitative estimate of drug-likeness (QED) is 0.0510. The first-order chi connectivity index (χ1) is 25.4. The number of rotatable bonds is 36. The number of hydrogen-bond donors (Lipinski definition) is 0. The summed E-state index contributed by atoms with van der Waals surface area (Å²) in [7, 11) is 0. The van der Waals surface area contributed by atoms with Crippen LogP contribution in [-0.2, 0) is 9.47 Å². The van der Waals surface area contributed by atoms with Gasteiger partial charge in [0.15, 0.2) is 0 Å². The third kappa shape index (κ3) is 21.2. The standard InChI is InChI=1S/C48H86O4/c1-7-13-19-21-23-25-27-29-33-41-47(37-15-9-3,38-16-10-4)51-45(49)43-35-31-32-36-44(43)46(50)52-48(39-17-11-5,40-18-12-6)42-34-30-28-26-24-22-20-14-8-2/h31-32,35-36H,7-30,33-34,37-42H2,1-6H3. The van der Waals surface area contributed by atoms with Crippen LogP contribution in [0, 0.1) is 0 Å². The largest absolute Gasteiger partial charge is 0.455 e. The van der Waals surface area contributed by atoms with Crippen LogP contribution in [0.15, 0.2) is 24.3 Å². The molecule has 4 nitrogen and oxygen atoms in total. The van der Waals surface area contributed by atoms with Gasteiger partial charge in [-0.1, -0.05) is 182 Å². The van der Waals surface area contributed by atoms with Gasteiger partial charge in [0.05, 0.1) is 11.1 Å². The summed E-state index contributed by atoms with van der Waals surface area (Å²) in [6, 6.07) is 7.28. The number of hydrogen-bond acceptors (Lipinski definition) is 4. The molecule has 52 heavy (non-hydrogen) atoms. The molecule has 1 aromatic carbocycles. The van der Waals surface area contributed by atoms with E-state index in [1.165, 1.54) is 103 Å². The molecule has 0 fully saturated rings. The lowest BCUT2D eigenvalue weighted by atomic mass is 9.85. The minimum atomic E-state index is -0.483. The van der Waals surface area contributed by atoms with Crippen LogP contribution in [0.1, 0.15) is 268 Å². The first-order valence-corrected chi connectivity index (χ1v) is 22.9. The topological polar surface area (TPSA) is 52.6 Å². The minimum Gasteiger partial charge on any atom is -0.455 e. The molecule has 1 rings (SSSR count). The zero-order valence-corrected chi connectivity index (χ0v) is 35.6. The third-order valence-corrected chi connectivity index (χ3v) is 11.4. The van der Waals surface area contributed by atoms with E-state index in [0.29, 0.717) is 11.1 Å². The molecule has 0 saturated heterocycles. The monoisotopic (exact) mass is 727 g/mol. The molecule has 0 aromatic heterocycles. The number of benzene rings is 1. The average Bonchev–Trinajstić information content (AvgIpc) is 3.16.